The van der Waals surface area contributed by atoms with E-state index in [-0.39, 0.29) is 11.2 Å². The molecule has 0 atom stereocenters. The van der Waals surface area contributed by atoms with Gasteiger partial charge in [0.15, 0.2) is 0 Å². The minimum Gasteiger partial charge on any atom is -0.460 e. The molecule has 0 unspecified atom stereocenters. The third-order valence-electron chi connectivity index (χ3n) is 5.04. The molecule has 146 valence electrons. The number of aromatic nitrogens is 2. The van der Waals surface area contributed by atoms with E-state index in [1.165, 1.54) is 30.4 Å². The third-order valence-corrected chi connectivity index (χ3v) is 5.04. The van der Waals surface area contributed by atoms with Gasteiger partial charge in [0.1, 0.15) is 0 Å². The number of rotatable bonds is 7. The number of esters is 1. The molecular weight excluding hydrogens is 336 g/mol. The summed E-state index contributed by atoms with van der Waals surface area (Å²) >= 11 is 0. The highest BCUT2D eigenvalue weighted by atomic mass is 16.5. The second-order valence-electron chi connectivity index (χ2n) is 7.98. The molecule has 0 bridgehead atoms. The van der Waals surface area contributed by atoms with Gasteiger partial charge in [-0.2, -0.15) is 0 Å². The Kier molecular flexibility index (Phi) is 7.52. The molecule has 0 radical (unpaired) electrons. The van der Waals surface area contributed by atoms with Crippen molar-refractivity contribution in [1.29, 1.82) is 0 Å². The zero-order valence-corrected chi connectivity index (χ0v) is 17.3. The van der Waals surface area contributed by atoms with Gasteiger partial charge in [-0.3, -0.25) is 0 Å². The van der Waals surface area contributed by atoms with Crippen LogP contribution in [0.4, 0.5) is 0 Å². The van der Waals surface area contributed by atoms with Crippen molar-refractivity contribution in [2.24, 2.45) is 5.41 Å². The van der Waals surface area contributed by atoms with Crippen molar-refractivity contribution in [3.05, 3.63) is 52.7 Å². The first-order valence-electron chi connectivity index (χ1n) is 9.89. The minimum atomic E-state index is -0.461. The number of allylic oxidation sites excluding steroid dienone is 5. The first kappa shape index (κ1) is 21.1. The first-order chi connectivity index (χ1) is 12.8. The zero-order valence-electron chi connectivity index (χ0n) is 17.3. The lowest BCUT2D eigenvalue weighted by Crippen LogP contribution is -2.19. The van der Waals surface area contributed by atoms with Gasteiger partial charge in [0, 0.05) is 18.0 Å². The van der Waals surface area contributed by atoms with Crippen molar-refractivity contribution in [3.8, 4) is 0 Å². The SMILES string of the molecule is CCCCOC(=O)c1ncc(C=C(C)C=CC2=C(C)CCCC2(C)C)cn1. The molecule has 4 nitrogen and oxygen atoms in total. The van der Waals surface area contributed by atoms with Gasteiger partial charge in [0.2, 0.25) is 5.82 Å². The van der Waals surface area contributed by atoms with Gasteiger partial charge in [-0.05, 0) is 56.6 Å². The van der Waals surface area contributed by atoms with Crippen molar-refractivity contribution < 1.29 is 9.53 Å². The van der Waals surface area contributed by atoms with Crippen molar-refractivity contribution >= 4 is 12.0 Å². The maximum atomic E-state index is 11.8. The lowest BCUT2D eigenvalue weighted by molar-refractivity contribution is 0.0485. The lowest BCUT2D eigenvalue weighted by atomic mass is 9.72. The van der Waals surface area contributed by atoms with E-state index in [4.69, 9.17) is 4.74 Å². The Bertz CT molecular complexity index is 740. The normalized spacial score (nSPS) is 17.4. The molecule has 1 aliphatic carbocycles. The smallest absolute Gasteiger partial charge is 0.376 e. The predicted molar refractivity (Wildman–Crippen MR) is 110 cm³/mol. The molecule has 0 aliphatic heterocycles. The van der Waals surface area contributed by atoms with Crippen molar-refractivity contribution in [1.82, 2.24) is 9.97 Å². The van der Waals surface area contributed by atoms with Gasteiger partial charge in [0.05, 0.1) is 6.61 Å². The summed E-state index contributed by atoms with van der Waals surface area (Å²) in [5, 5.41) is 0. The Morgan fingerprint density at radius 2 is 2.00 bits per heavy atom. The Labute approximate surface area is 163 Å². The fraction of sp³-hybridized carbons (Fsp3) is 0.522. The standard InChI is InChI=1S/C23H32N2O2/c1-6-7-13-27-22(26)21-24-15-19(16-25-21)14-17(2)10-11-20-18(3)9-8-12-23(20,4)5/h10-11,14-16H,6-9,12-13H2,1-5H3. The van der Waals surface area contributed by atoms with Crippen LogP contribution in [0.2, 0.25) is 0 Å². The van der Waals surface area contributed by atoms with Crippen molar-refractivity contribution in [2.75, 3.05) is 6.61 Å². The van der Waals surface area contributed by atoms with E-state index in [1.807, 2.05) is 6.08 Å². The molecule has 0 N–H and O–H groups in total. The van der Waals surface area contributed by atoms with Gasteiger partial charge >= 0.3 is 5.97 Å². The van der Waals surface area contributed by atoms with Crippen LogP contribution in [0.1, 0.15) is 82.9 Å². The summed E-state index contributed by atoms with van der Waals surface area (Å²) in [5.74, 6) is -0.348. The maximum Gasteiger partial charge on any atom is 0.376 e. The van der Waals surface area contributed by atoms with E-state index in [1.54, 1.807) is 12.4 Å². The number of unbranched alkanes of at least 4 members (excludes halogenated alkanes) is 1. The van der Waals surface area contributed by atoms with Gasteiger partial charge in [-0.15, -0.1) is 0 Å². The summed E-state index contributed by atoms with van der Waals surface area (Å²) in [6.07, 6.45) is 15.3. The third kappa shape index (κ3) is 6.16. The van der Waals surface area contributed by atoms with Crippen LogP contribution in [0.3, 0.4) is 0 Å². The second-order valence-corrected chi connectivity index (χ2v) is 7.98. The quantitative estimate of drug-likeness (QED) is 0.340. The molecule has 0 spiro atoms. The minimum absolute atomic E-state index is 0.112. The molecule has 0 saturated carbocycles. The zero-order chi connectivity index (χ0) is 19.9. The first-order valence-corrected chi connectivity index (χ1v) is 9.89. The molecule has 0 aromatic carbocycles. The average molecular weight is 369 g/mol. The van der Waals surface area contributed by atoms with E-state index in [0.29, 0.717) is 6.61 Å². The number of carbonyl (C=O) groups excluding carboxylic acids is 1. The fourth-order valence-corrected chi connectivity index (χ4v) is 3.43. The van der Waals surface area contributed by atoms with Crippen LogP contribution in [0.5, 0.6) is 0 Å². The summed E-state index contributed by atoms with van der Waals surface area (Å²) in [6.45, 7) is 11.4. The monoisotopic (exact) mass is 368 g/mol. The fourth-order valence-electron chi connectivity index (χ4n) is 3.43. The Morgan fingerprint density at radius 3 is 2.63 bits per heavy atom. The molecule has 1 aliphatic rings. The number of hydrogen-bond acceptors (Lipinski definition) is 4. The summed E-state index contributed by atoms with van der Waals surface area (Å²) in [4.78, 5) is 20.1. The van der Waals surface area contributed by atoms with E-state index in [2.05, 4.69) is 56.7 Å². The maximum absolute atomic E-state index is 11.8. The van der Waals surface area contributed by atoms with Gasteiger partial charge in [0.25, 0.3) is 0 Å². The van der Waals surface area contributed by atoms with Crippen LogP contribution in [0.15, 0.2) is 41.3 Å². The van der Waals surface area contributed by atoms with Crippen LogP contribution >= 0.6 is 0 Å². The summed E-state index contributed by atoms with van der Waals surface area (Å²) < 4.78 is 5.13. The van der Waals surface area contributed by atoms with Crippen LogP contribution in [-0.2, 0) is 4.74 Å². The molecule has 1 aromatic heterocycles. The largest absolute Gasteiger partial charge is 0.460 e. The summed E-state index contributed by atoms with van der Waals surface area (Å²) in [7, 11) is 0. The molecule has 2 rings (SSSR count). The number of carbonyl (C=O) groups is 1. The molecular formula is C23H32N2O2. The highest BCUT2D eigenvalue weighted by Crippen LogP contribution is 2.40. The van der Waals surface area contributed by atoms with Crippen LogP contribution < -0.4 is 0 Å². The van der Waals surface area contributed by atoms with Crippen LogP contribution in [0.25, 0.3) is 6.08 Å². The van der Waals surface area contributed by atoms with Gasteiger partial charge in [-0.25, -0.2) is 14.8 Å². The molecule has 1 aromatic rings. The van der Waals surface area contributed by atoms with Gasteiger partial charge < -0.3 is 4.74 Å². The molecule has 0 saturated heterocycles. The molecule has 4 heteroatoms. The molecule has 0 amide bonds. The average Bonchev–Trinajstić information content (AvgIpc) is 2.61. The van der Waals surface area contributed by atoms with Crippen LogP contribution in [-0.4, -0.2) is 22.5 Å². The Balaban J connectivity index is 2.04. The van der Waals surface area contributed by atoms with E-state index < -0.39 is 5.97 Å². The number of ether oxygens (including phenoxy) is 1. The highest BCUT2D eigenvalue weighted by Gasteiger charge is 2.26. The lowest BCUT2D eigenvalue weighted by Gasteiger charge is -2.32. The van der Waals surface area contributed by atoms with Crippen molar-refractivity contribution in [3.63, 3.8) is 0 Å². The second kappa shape index (κ2) is 9.63. The molecule has 1 heterocycles. The topological polar surface area (TPSA) is 52.1 Å². The predicted octanol–water partition coefficient (Wildman–Crippen LogP) is 5.92. The van der Waals surface area contributed by atoms with Gasteiger partial charge in [-0.1, -0.05) is 50.5 Å². The van der Waals surface area contributed by atoms with E-state index >= 15 is 0 Å². The molecule has 0 fully saturated rings. The van der Waals surface area contributed by atoms with Crippen LogP contribution in [0, 0.1) is 5.41 Å². The van der Waals surface area contributed by atoms with E-state index in [0.717, 1.165) is 24.0 Å². The number of nitrogens with zero attached hydrogens (tertiary/aromatic N) is 2. The summed E-state index contributed by atoms with van der Waals surface area (Å²) in [5.41, 5.74) is 5.17. The summed E-state index contributed by atoms with van der Waals surface area (Å²) in [6, 6.07) is 0. The Hall–Kier alpha value is -2.23. The van der Waals surface area contributed by atoms with E-state index in [9.17, 15) is 4.79 Å². The molecule has 27 heavy (non-hydrogen) atoms. The van der Waals surface area contributed by atoms with Crippen molar-refractivity contribution in [2.45, 2.75) is 66.7 Å². The Morgan fingerprint density at radius 1 is 1.30 bits per heavy atom. The number of hydrogen-bond donors (Lipinski definition) is 0. The highest BCUT2D eigenvalue weighted by molar-refractivity contribution is 5.85.